The molecule has 2 aromatic carbocycles. The van der Waals surface area contributed by atoms with Gasteiger partial charge < -0.3 is 10.3 Å². The maximum absolute atomic E-state index is 12.3. The Morgan fingerprint density at radius 1 is 1.08 bits per heavy atom. The van der Waals surface area contributed by atoms with Crippen LogP contribution in [0.2, 0.25) is 0 Å². The minimum atomic E-state index is -3.43. The summed E-state index contributed by atoms with van der Waals surface area (Å²) in [6.45, 7) is 2.38. The highest BCUT2D eigenvalue weighted by Gasteiger charge is 2.16. The standard InChI is InChI=1S/C20H22N2O3S/c1-15-6-8-17(9-7-15)26(24,25)13-11-20(23)21-12-10-16-14-22-19-5-3-2-4-18(16)19/h2-9,14,22H,10-13H2,1H3,(H,21,23). The van der Waals surface area contributed by atoms with E-state index >= 15 is 0 Å². The van der Waals surface area contributed by atoms with E-state index in [2.05, 4.69) is 10.3 Å². The molecule has 0 aliphatic carbocycles. The number of sulfone groups is 1. The van der Waals surface area contributed by atoms with Crippen LogP contribution in [0, 0.1) is 6.92 Å². The molecule has 0 fully saturated rings. The van der Waals surface area contributed by atoms with Gasteiger partial charge in [0.25, 0.3) is 0 Å². The molecule has 0 unspecified atom stereocenters. The quantitative estimate of drug-likeness (QED) is 0.671. The molecule has 136 valence electrons. The molecule has 6 heteroatoms. The van der Waals surface area contributed by atoms with Gasteiger partial charge in [0.1, 0.15) is 0 Å². The van der Waals surface area contributed by atoms with Crippen molar-refractivity contribution < 1.29 is 13.2 Å². The Morgan fingerprint density at radius 3 is 2.58 bits per heavy atom. The van der Waals surface area contributed by atoms with Gasteiger partial charge in [0.15, 0.2) is 9.84 Å². The van der Waals surface area contributed by atoms with Crippen LogP contribution in [0.5, 0.6) is 0 Å². The lowest BCUT2D eigenvalue weighted by Gasteiger charge is -2.07. The van der Waals surface area contributed by atoms with E-state index in [9.17, 15) is 13.2 Å². The minimum Gasteiger partial charge on any atom is -0.361 e. The third-order valence-corrected chi connectivity index (χ3v) is 6.10. The Hall–Kier alpha value is -2.60. The number of aromatic nitrogens is 1. The summed E-state index contributed by atoms with van der Waals surface area (Å²) >= 11 is 0. The highest BCUT2D eigenvalue weighted by molar-refractivity contribution is 7.91. The van der Waals surface area contributed by atoms with Crippen molar-refractivity contribution in [1.29, 1.82) is 0 Å². The molecule has 0 saturated heterocycles. The SMILES string of the molecule is Cc1ccc(S(=O)(=O)CCC(=O)NCCc2c[nH]c3ccccc23)cc1. The van der Waals surface area contributed by atoms with Crippen molar-refractivity contribution in [3.8, 4) is 0 Å². The third-order valence-electron chi connectivity index (χ3n) is 4.37. The van der Waals surface area contributed by atoms with E-state index in [-0.39, 0.29) is 23.0 Å². The average molecular weight is 370 g/mol. The van der Waals surface area contributed by atoms with Crippen LogP contribution in [0.15, 0.2) is 59.6 Å². The summed E-state index contributed by atoms with van der Waals surface area (Å²) in [7, 11) is -3.43. The number of carbonyl (C=O) groups is 1. The number of fused-ring (bicyclic) bond motifs is 1. The van der Waals surface area contributed by atoms with E-state index in [4.69, 9.17) is 0 Å². The van der Waals surface area contributed by atoms with Gasteiger partial charge in [0.05, 0.1) is 10.6 Å². The van der Waals surface area contributed by atoms with Gasteiger partial charge in [-0.1, -0.05) is 35.9 Å². The molecule has 0 atom stereocenters. The molecule has 0 aliphatic rings. The third kappa shape index (κ3) is 4.32. The predicted octanol–water partition coefficient (Wildman–Crippen LogP) is 3.00. The molecular formula is C20H22N2O3S. The predicted molar refractivity (Wildman–Crippen MR) is 103 cm³/mol. The normalized spacial score (nSPS) is 11.6. The summed E-state index contributed by atoms with van der Waals surface area (Å²) in [6.07, 6.45) is 2.60. The topological polar surface area (TPSA) is 79.0 Å². The number of aryl methyl sites for hydroxylation is 1. The molecule has 1 heterocycles. The first-order valence-electron chi connectivity index (χ1n) is 8.57. The van der Waals surface area contributed by atoms with E-state index in [0.29, 0.717) is 13.0 Å². The largest absolute Gasteiger partial charge is 0.361 e. The first-order chi connectivity index (χ1) is 12.5. The molecule has 26 heavy (non-hydrogen) atoms. The number of para-hydroxylation sites is 1. The van der Waals surface area contributed by atoms with Gasteiger partial charge in [0, 0.05) is 30.1 Å². The van der Waals surface area contributed by atoms with Crippen LogP contribution >= 0.6 is 0 Å². The smallest absolute Gasteiger partial charge is 0.221 e. The number of H-pyrrole nitrogens is 1. The van der Waals surface area contributed by atoms with E-state index in [1.165, 1.54) is 0 Å². The Kier molecular flexibility index (Phi) is 5.42. The molecule has 3 rings (SSSR count). The summed E-state index contributed by atoms with van der Waals surface area (Å²) in [6, 6.07) is 14.7. The minimum absolute atomic E-state index is 0.0376. The number of hydrogen-bond acceptors (Lipinski definition) is 3. The first-order valence-corrected chi connectivity index (χ1v) is 10.2. The zero-order valence-corrected chi connectivity index (χ0v) is 15.5. The summed E-state index contributed by atoms with van der Waals surface area (Å²) in [4.78, 5) is 15.4. The molecule has 0 bridgehead atoms. The number of benzene rings is 2. The summed E-state index contributed by atoms with van der Waals surface area (Å²) in [5, 5.41) is 3.94. The fourth-order valence-corrected chi connectivity index (χ4v) is 4.09. The molecule has 2 N–H and O–H groups in total. The van der Waals surface area contributed by atoms with Gasteiger partial charge >= 0.3 is 0 Å². The van der Waals surface area contributed by atoms with Crippen LogP contribution in [-0.4, -0.2) is 31.6 Å². The van der Waals surface area contributed by atoms with Gasteiger partial charge in [-0.3, -0.25) is 4.79 Å². The number of rotatable bonds is 7. The van der Waals surface area contributed by atoms with Crippen molar-refractivity contribution in [2.75, 3.05) is 12.3 Å². The van der Waals surface area contributed by atoms with Gasteiger partial charge in [-0.05, 0) is 37.1 Å². The van der Waals surface area contributed by atoms with Crippen LogP contribution in [0.25, 0.3) is 10.9 Å². The van der Waals surface area contributed by atoms with Crippen molar-refractivity contribution in [3.63, 3.8) is 0 Å². The van der Waals surface area contributed by atoms with Gasteiger partial charge in [-0.25, -0.2) is 8.42 Å². The lowest BCUT2D eigenvalue weighted by Crippen LogP contribution is -2.27. The second kappa shape index (κ2) is 7.74. The second-order valence-electron chi connectivity index (χ2n) is 6.34. The zero-order chi connectivity index (χ0) is 18.6. The number of nitrogens with one attached hydrogen (secondary N) is 2. The molecule has 0 aliphatic heterocycles. The molecule has 0 saturated carbocycles. The average Bonchev–Trinajstić information content (AvgIpc) is 3.04. The molecular weight excluding hydrogens is 348 g/mol. The number of aromatic amines is 1. The highest BCUT2D eigenvalue weighted by atomic mass is 32.2. The molecule has 5 nitrogen and oxygen atoms in total. The lowest BCUT2D eigenvalue weighted by atomic mass is 10.1. The second-order valence-corrected chi connectivity index (χ2v) is 8.45. The van der Waals surface area contributed by atoms with Crippen molar-refractivity contribution in [1.82, 2.24) is 10.3 Å². The number of carbonyl (C=O) groups excluding carboxylic acids is 1. The summed E-state index contributed by atoms with van der Waals surface area (Å²) in [5.74, 6) is -0.435. The van der Waals surface area contributed by atoms with E-state index in [1.807, 2.05) is 37.4 Å². The van der Waals surface area contributed by atoms with Gasteiger partial charge in [0.2, 0.25) is 5.91 Å². The van der Waals surface area contributed by atoms with Crippen LogP contribution in [0.4, 0.5) is 0 Å². The fraction of sp³-hybridized carbons (Fsp3) is 0.250. The highest BCUT2D eigenvalue weighted by Crippen LogP contribution is 2.17. The molecule has 3 aromatic rings. The summed E-state index contributed by atoms with van der Waals surface area (Å²) < 4.78 is 24.5. The Morgan fingerprint density at radius 2 is 1.81 bits per heavy atom. The Balaban J connectivity index is 1.49. The van der Waals surface area contributed by atoms with Crippen LogP contribution in [0.1, 0.15) is 17.5 Å². The van der Waals surface area contributed by atoms with Gasteiger partial charge in [-0.15, -0.1) is 0 Å². The van der Waals surface area contributed by atoms with Crippen molar-refractivity contribution >= 4 is 26.6 Å². The molecule has 0 spiro atoms. The summed E-state index contributed by atoms with van der Waals surface area (Å²) in [5.41, 5.74) is 3.20. The Bertz CT molecular complexity index is 1000. The fourth-order valence-electron chi connectivity index (χ4n) is 2.85. The first kappa shape index (κ1) is 18.2. The van der Waals surface area contributed by atoms with Crippen LogP contribution in [-0.2, 0) is 21.1 Å². The van der Waals surface area contributed by atoms with Crippen LogP contribution in [0.3, 0.4) is 0 Å². The Labute approximate surface area is 153 Å². The molecule has 0 radical (unpaired) electrons. The van der Waals surface area contributed by atoms with Crippen molar-refractivity contribution in [3.05, 3.63) is 65.9 Å². The van der Waals surface area contributed by atoms with Crippen molar-refractivity contribution in [2.24, 2.45) is 0 Å². The number of amides is 1. The maximum Gasteiger partial charge on any atom is 0.221 e. The zero-order valence-electron chi connectivity index (χ0n) is 14.7. The molecule has 1 amide bonds. The maximum atomic E-state index is 12.3. The monoisotopic (exact) mass is 370 g/mol. The molecule has 1 aromatic heterocycles. The van der Waals surface area contributed by atoms with E-state index < -0.39 is 9.84 Å². The lowest BCUT2D eigenvalue weighted by molar-refractivity contribution is -0.120. The van der Waals surface area contributed by atoms with E-state index in [0.717, 1.165) is 22.0 Å². The van der Waals surface area contributed by atoms with Crippen molar-refractivity contribution in [2.45, 2.75) is 24.7 Å². The van der Waals surface area contributed by atoms with Gasteiger partial charge in [-0.2, -0.15) is 0 Å². The van der Waals surface area contributed by atoms with Crippen LogP contribution < -0.4 is 5.32 Å². The number of hydrogen-bond donors (Lipinski definition) is 2. The van der Waals surface area contributed by atoms with E-state index in [1.54, 1.807) is 24.3 Å².